The summed E-state index contributed by atoms with van der Waals surface area (Å²) < 4.78 is 0. The van der Waals surface area contributed by atoms with Gasteiger partial charge in [0, 0.05) is 25.5 Å². The van der Waals surface area contributed by atoms with Crippen molar-refractivity contribution < 1.29 is 0 Å². The molecule has 2 aromatic heterocycles. The van der Waals surface area contributed by atoms with Crippen LogP contribution in [0.5, 0.6) is 0 Å². The number of hydrazone groups is 1. The molecule has 0 atom stereocenters. The maximum absolute atomic E-state index is 5.40. The van der Waals surface area contributed by atoms with Crippen LogP contribution >= 0.6 is 12.2 Å². The highest BCUT2D eigenvalue weighted by Gasteiger charge is 2.15. The van der Waals surface area contributed by atoms with Crippen LogP contribution in [-0.4, -0.2) is 38.8 Å². The molecule has 1 fully saturated rings. The van der Waals surface area contributed by atoms with Gasteiger partial charge in [-0.1, -0.05) is 12.1 Å². The summed E-state index contributed by atoms with van der Waals surface area (Å²) in [6.07, 6.45) is 5.84. The van der Waals surface area contributed by atoms with Gasteiger partial charge in [0.25, 0.3) is 0 Å². The van der Waals surface area contributed by atoms with Gasteiger partial charge >= 0.3 is 0 Å². The number of thiocarbonyl (C=S) groups is 1. The minimum atomic E-state index is 0.655. The lowest BCUT2D eigenvalue weighted by atomic mass is 10.1. The Kier molecular flexibility index (Phi) is 4.70. The van der Waals surface area contributed by atoms with Crippen LogP contribution in [0, 0.1) is 0 Å². The van der Waals surface area contributed by atoms with Gasteiger partial charge in [0.05, 0.1) is 11.4 Å². The van der Waals surface area contributed by atoms with Crippen molar-refractivity contribution >= 4 is 23.0 Å². The molecule has 0 unspecified atom stereocenters. The van der Waals surface area contributed by atoms with Gasteiger partial charge in [0.15, 0.2) is 5.11 Å². The molecule has 1 saturated heterocycles. The van der Waals surface area contributed by atoms with Crippen LogP contribution in [-0.2, 0) is 0 Å². The number of hydrogen-bond acceptors (Lipinski definition) is 4. The van der Waals surface area contributed by atoms with Crippen molar-refractivity contribution in [1.29, 1.82) is 0 Å². The first-order chi connectivity index (χ1) is 10.8. The molecule has 0 bridgehead atoms. The Morgan fingerprint density at radius 2 is 1.59 bits per heavy atom. The standard InChI is InChI=1S/C16H17N5S/c22-16(21-11-5-6-12-21)20-19-15(13-7-1-3-9-17-13)14-8-2-4-10-18-14/h1-4,7-10H,5-6,11-12H2,(H,20,22). The average molecular weight is 311 g/mol. The van der Waals surface area contributed by atoms with Crippen LogP contribution in [0.1, 0.15) is 24.2 Å². The number of nitrogens with one attached hydrogen (secondary N) is 1. The lowest BCUT2D eigenvalue weighted by Crippen LogP contribution is -2.35. The van der Waals surface area contributed by atoms with Gasteiger partial charge in [0.2, 0.25) is 0 Å². The van der Waals surface area contributed by atoms with Crippen molar-refractivity contribution in [3.8, 4) is 0 Å². The number of aromatic nitrogens is 2. The molecule has 0 spiro atoms. The summed E-state index contributed by atoms with van der Waals surface area (Å²) in [5.41, 5.74) is 5.19. The highest BCUT2D eigenvalue weighted by Crippen LogP contribution is 2.08. The van der Waals surface area contributed by atoms with Crippen LogP contribution in [0.3, 0.4) is 0 Å². The quantitative estimate of drug-likeness (QED) is 0.535. The van der Waals surface area contributed by atoms with Gasteiger partial charge in [-0.25, -0.2) is 0 Å². The molecule has 1 N–H and O–H groups in total. The zero-order chi connectivity index (χ0) is 15.2. The first-order valence-electron chi connectivity index (χ1n) is 7.30. The van der Waals surface area contributed by atoms with Crippen molar-refractivity contribution in [2.24, 2.45) is 5.10 Å². The highest BCUT2D eigenvalue weighted by atomic mass is 32.1. The summed E-state index contributed by atoms with van der Waals surface area (Å²) in [5, 5.41) is 5.12. The molecule has 0 radical (unpaired) electrons. The Morgan fingerprint density at radius 3 is 2.09 bits per heavy atom. The van der Waals surface area contributed by atoms with E-state index in [0.717, 1.165) is 24.5 Å². The van der Waals surface area contributed by atoms with Crippen LogP contribution in [0.2, 0.25) is 0 Å². The van der Waals surface area contributed by atoms with Gasteiger partial charge < -0.3 is 4.90 Å². The summed E-state index contributed by atoms with van der Waals surface area (Å²) >= 11 is 5.40. The summed E-state index contributed by atoms with van der Waals surface area (Å²) in [5.74, 6) is 0. The number of likely N-dealkylation sites (tertiary alicyclic amines) is 1. The van der Waals surface area contributed by atoms with E-state index in [4.69, 9.17) is 12.2 Å². The molecule has 0 amide bonds. The third-order valence-electron chi connectivity index (χ3n) is 3.47. The Hall–Kier alpha value is -2.34. The van der Waals surface area contributed by atoms with Crippen LogP contribution < -0.4 is 5.43 Å². The molecule has 0 saturated carbocycles. The SMILES string of the molecule is S=C(NN=C(c1ccccn1)c1ccccn1)N1CCCC1. The van der Waals surface area contributed by atoms with Crippen LogP contribution in [0.15, 0.2) is 53.9 Å². The van der Waals surface area contributed by atoms with Crippen molar-refractivity contribution in [2.75, 3.05) is 13.1 Å². The van der Waals surface area contributed by atoms with E-state index in [1.165, 1.54) is 12.8 Å². The topological polar surface area (TPSA) is 53.4 Å². The first-order valence-corrected chi connectivity index (χ1v) is 7.71. The minimum Gasteiger partial charge on any atom is -0.348 e. The van der Waals surface area contributed by atoms with E-state index in [-0.39, 0.29) is 0 Å². The molecule has 3 rings (SSSR count). The second-order valence-corrected chi connectivity index (χ2v) is 5.39. The molecule has 1 aliphatic rings. The second kappa shape index (κ2) is 7.09. The summed E-state index contributed by atoms with van der Waals surface area (Å²) in [6.45, 7) is 1.98. The van der Waals surface area contributed by atoms with E-state index >= 15 is 0 Å². The fourth-order valence-corrected chi connectivity index (χ4v) is 2.57. The van der Waals surface area contributed by atoms with Gasteiger partial charge in [-0.15, -0.1) is 0 Å². The largest absolute Gasteiger partial charge is 0.348 e. The second-order valence-electron chi connectivity index (χ2n) is 5.00. The fourth-order valence-electron chi connectivity index (χ4n) is 2.35. The normalized spacial score (nSPS) is 13.7. The third-order valence-corrected chi connectivity index (χ3v) is 3.82. The number of hydrogen-bond donors (Lipinski definition) is 1. The van der Waals surface area contributed by atoms with Crippen molar-refractivity contribution in [2.45, 2.75) is 12.8 Å². The van der Waals surface area contributed by atoms with Gasteiger partial charge in [0.1, 0.15) is 5.71 Å². The number of rotatable bonds is 3. The first kappa shape index (κ1) is 14.6. The minimum absolute atomic E-state index is 0.655. The Bertz CT molecular complexity index is 609. The molecule has 1 aliphatic heterocycles. The Morgan fingerprint density at radius 1 is 1.00 bits per heavy atom. The highest BCUT2D eigenvalue weighted by molar-refractivity contribution is 7.80. The van der Waals surface area contributed by atoms with Gasteiger partial charge in [-0.05, 0) is 49.3 Å². The molecule has 22 heavy (non-hydrogen) atoms. The molecular formula is C16H17N5S. The van der Waals surface area contributed by atoms with E-state index < -0.39 is 0 Å². The molecule has 0 aromatic carbocycles. The zero-order valence-corrected chi connectivity index (χ0v) is 13.0. The van der Waals surface area contributed by atoms with E-state index in [9.17, 15) is 0 Å². The number of nitrogens with zero attached hydrogens (tertiary/aromatic N) is 4. The smallest absolute Gasteiger partial charge is 0.189 e. The monoisotopic (exact) mass is 311 g/mol. The fraction of sp³-hybridized carbons (Fsp3) is 0.250. The molecule has 5 nitrogen and oxygen atoms in total. The molecular weight excluding hydrogens is 294 g/mol. The molecule has 0 aliphatic carbocycles. The lowest BCUT2D eigenvalue weighted by Gasteiger charge is -2.17. The van der Waals surface area contributed by atoms with Gasteiger partial charge in [-0.2, -0.15) is 5.10 Å². The maximum atomic E-state index is 5.40. The van der Waals surface area contributed by atoms with Gasteiger partial charge in [-0.3, -0.25) is 15.4 Å². The summed E-state index contributed by atoms with van der Waals surface area (Å²) in [7, 11) is 0. The Balaban J connectivity index is 1.85. The van der Waals surface area contributed by atoms with Crippen molar-refractivity contribution in [3.63, 3.8) is 0 Å². The summed E-state index contributed by atoms with van der Waals surface area (Å²) in [4.78, 5) is 10.9. The molecule has 3 heterocycles. The molecule has 112 valence electrons. The van der Waals surface area contributed by atoms with E-state index in [1.54, 1.807) is 12.4 Å². The predicted molar refractivity (Wildman–Crippen MR) is 90.7 cm³/mol. The lowest BCUT2D eigenvalue weighted by molar-refractivity contribution is 0.509. The van der Waals surface area contributed by atoms with Crippen molar-refractivity contribution in [1.82, 2.24) is 20.3 Å². The predicted octanol–water partition coefficient (Wildman–Crippen LogP) is 2.20. The van der Waals surface area contributed by atoms with Crippen LogP contribution in [0.4, 0.5) is 0 Å². The maximum Gasteiger partial charge on any atom is 0.189 e. The van der Waals surface area contributed by atoms with Crippen LogP contribution in [0.25, 0.3) is 0 Å². The van der Waals surface area contributed by atoms with E-state index in [0.29, 0.717) is 10.8 Å². The third kappa shape index (κ3) is 3.46. The van der Waals surface area contributed by atoms with E-state index in [1.807, 2.05) is 36.4 Å². The Labute approximate surface area is 135 Å². The molecule has 6 heteroatoms. The van der Waals surface area contributed by atoms with Crippen molar-refractivity contribution in [3.05, 3.63) is 60.2 Å². The zero-order valence-electron chi connectivity index (χ0n) is 12.1. The summed E-state index contributed by atoms with van der Waals surface area (Å²) in [6, 6.07) is 11.4. The number of pyridine rings is 2. The average Bonchev–Trinajstić information content (AvgIpc) is 3.11. The van der Waals surface area contributed by atoms with E-state index in [2.05, 4.69) is 25.4 Å². The molecule has 2 aromatic rings.